The summed E-state index contributed by atoms with van der Waals surface area (Å²) >= 11 is 0. The van der Waals surface area contributed by atoms with E-state index < -0.39 is 16.1 Å². The molecule has 3 N–H and O–H groups in total. The number of aryl methyl sites for hydroxylation is 1. The minimum Gasteiger partial charge on any atom is -0.384 e. The van der Waals surface area contributed by atoms with Crippen LogP contribution in [0.3, 0.4) is 0 Å². The van der Waals surface area contributed by atoms with Crippen LogP contribution >= 0.6 is 12.4 Å². The van der Waals surface area contributed by atoms with Crippen molar-refractivity contribution in [3.63, 3.8) is 0 Å². The third kappa shape index (κ3) is 5.92. The standard InChI is InChI=1S/C15H27N5O4S.ClH/c1-12(19-25(22,23)13-8-18-20(2)9-13)14(21)17-10-15(11-24-3)4-6-16-7-5-15;/h8-9,12,16,19H,4-7,10-11H2,1-3H3,(H,17,21);1H. The van der Waals surface area contributed by atoms with Crippen molar-refractivity contribution in [2.45, 2.75) is 30.7 Å². The van der Waals surface area contributed by atoms with Gasteiger partial charge in [-0.15, -0.1) is 12.4 Å². The molecule has 2 rings (SSSR count). The number of sulfonamides is 1. The van der Waals surface area contributed by atoms with Gasteiger partial charge in [-0.05, 0) is 32.9 Å². The number of nitrogens with one attached hydrogen (secondary N) is 3. The van der Waals surface area contributed by atoms with Crippen LogP contribution in [0.5, 0.6) is 0 Å². The number of amides is 1. The zero-order valence-corrected chi connectivity index (χ0v) is 17.0. The topological polar surface area (TPSA) is 114 Å². The Morgan fingerprint density at radius 3 is 2.65 bits per heavy atom. The lowest BCUT2D eigenvalue weighted by atomic mass is 9.79. The van der Waals surface area contributed by atoms with Gasteiger partial charge >= 0.3 is 0 Å². The van der Waals surface area contributed by atoms with Gasteiger partial charge in [0.1, 0.15) is 4.90 Å². The van der Waals surface area contributed by atoms with Crippen LogP contribution in [0, 0.1) is 5.41 Å². The van der Waals surface area contributed by atoms with Crippen LogP contribution in [-0.2, 0) is 26.6 Å². The van der Waals surface area contributed by atoms with Crippen molar-refractivity contribution >= 4 is 28.3 Å². The summed E-state index contributed by atoms with van der Waals surface area (Å²) in [4.78, 5) is 12.4. The molecule has 11 heteroatoms. The number of halogens is 1. The molecule has 150 valence electrons. The molecule has 9 nitrogen and oxygen atoms in total. The number of carbonyl (C=O) groups excluding carboxylic acids is 1. The Labute approximate surface area is 160 Å². The SMILES string of the molecule is COCC1(CNC(=O)C(C)NS(=O)(=O)c2cnn(C)c2)CCNCC1.Cl. The summed E-state index contributed by atoms with van der Waals surface area (Å²) in [5.41, 5.74) is -0.113. The molecule has 1 atom stereocenters. The highest BCUT2D eigenvalue weighted by atomic mass is 35.5. The van der Waals surface area contributed by atoms with E-state index in [2.05, 4.69) is 20.5 Å². The lowest BCUT2D eigenvalue weighted by Gasteiger charge is -2.37. The first-order valence-electron chi connectivity index (χ1n) is 8.26. The van der Waals surface area contributed by atoms with Crippen molar-refractivity contribution in [2.75, 3.05) is 33.4 Å². The van der Waals surface area contributed by atoms with E-state index >= 15 is 0 Å². The highest BCUT2D eigenvalue weighted by Crippen LogP contribution is 2.28. The fraction of sp³-hybridized carbons (Fsp3) is 0.733. The summed E-state index contributed by atoms with van der Waals surface area (Å²) in [6, 6.07) is -0.883. The Balaban J connectivity index is 0.00000338. The molecule has 1 unspecified atom stereocenters. The Hall–Kier alpha value is -1.20. The molecule has 1 amide bonds. The predicted octanol–water partition coefficient (Wildman–Crippen LogP) is -0.359. The van der Waals surface area contributed by atoms with Gasteiger partial charge in [-0.3, -0.25) is 9.48 Å². The molecule has 0 aliphatic carbocycles. The van der Waals surface area contributed by atoms with E-state index in [1.165, 1.54) is 24.0 Å². The largest absolute Gasteiger partial charge is 0.384 e. The van der Waals surface area contributed by atoms with Gasteiger partial charge in [0.2, 0.25) is 15.9 Å². The van der Waals surface area contributed by atoms with Gasteiger partial charge in [0.15, 0.2) is 0 Å². The molecule has 0 aromatic carbocycles. The third-order valence-electron chi connectivity index (χ3n) is 4.47. The van der Waals surface area contributed by atoms with E-state index in [0.717, 1.165) is 25.9 Å². The van der Waals surface area contributed by atoms with Gasteiger partial charge < -0.3 is 15.4 Å². The fourth-order valence-electron chi connectivity index (χ4n) is 2.95. The van der Waals surface area contributed by atoms with Crippen molar-refractivity contribution in [3.8, 4) is 0 Å². The number of aromatic nitrogens is 2. The molecule has 2 heterocycles. The molecule has 1 fully saturated rings. The van der Waals surface area contributed by atoms with Crippen LogP contribution in [0.2, 0.25) is 0 Å². The molecule has 0 bridgehead atoms. The summed E-state index contributed by atoms with van der Waals surface area (Å²) in [7, 11) is -0.504. The van der Waals surface area contributed by atoms with Crippen LogP contribution in [0.1, 0.15) is 19.8 Å². The Kier molecular flexibility index (Phi) is 8.48. The number of piperidine rings is 1. The van der Waals surface area contributed by atoms with E-state index in [9.17, 15) is 13.2 Å². The maximum Gasteiger partial charge on any atom is 0.244 e. The maximum absolute atomic E-state index is 12.3. The Bertz CT molecular complexity index is 682. The van der Waals surface area contributed by atoms with Gasteiger partial charge in [-0.2, -0.15) is 9.82 Å². The number of carbonyl (C=O) groups is 1. The molecule has 0 radical (unpaired) electrons. The second-order valence-corrected chi connectivity index (χ2v) is 8.31. The first-order chi connectivity index (χ1) is 11.8. The Morgan fingerprint density at radius 2 is 2.12 bits per heavy atom. The number of ether oxygens (including phenoxy) is 1. The predicted molar refractivity (Wildman–Crippen MR) is 99.7 cm³/mol. The van der Waals surface area contributed by atoms with Crippen LogP contribution < -0.4 is 15.4 Å². The summed E-state index contributed by atoms with van der Waals surface area (Å²) in [6.45, 7) is 4.30. The molecule has 1 saturated heterocycles. The van der Waals surface area contributed by atoms with Crippen molar-refractivity contribution in [2.24, 2.45) is 12.5 Å². The highest BCUT2D eigenvalue weighted by molar-refractivity contribution is 7.89. The Morgan fingerprint density at radius 1 is 1.46 bits per heavy atom. The molecule has 1 aromatic rings. The summed E-state index contributed by atoms with van der Waals surface area (Å²) in [5, 5.41) is 9.99. The van der Waals surface area contributed by atoms with Crippen molar-refractivity contribution in [1.82, 2.24) is 25.1 Å². The number of rotatable bonds is 8. The summed E-state index contributed by atoms with van der Waals surface area (Å²) in [5.74, 6) is -0.360. The van der Waals surface area contributed by atoms with Crippen LogP contribution in [-0.4, -0.2) is 63.5 Å². The maximum atomic E-state index is 12.3. The normalized spacial score (nSPS) is 18.0. The lowest BCUT2D eigenvalue weighted by molar-refractivity contribution is -0.123. The number of hydrogen-bond donors (Lipinski definition) is 3. The smallest absolute Gasteiger partial charge is 0.244 e. The molecule has 1 aliphatic heterocycles. The van der Waals surface area contributed by atoms with Crippen LogP contribution in [0.4, 0.5) is 0 Å². The highest BCUT2D eigenvalue weighted by Gasteiger charge is 2.33. The van der Waals surface area contributed by atoms with Crippen molar-refractivity contribution in [3.05, 3.63) is 12.4 Å². The van der Waals surface area contributed by atoms with E-state index in [1.54, 1.807) is 14.2 Å². The third-order valence-corrected chi connectivity index (χ3v) is 5.96. The molecule has 0 spiro atoms. The average Bonchev–Trinajstić information content (AvgIpc) is 3.01. The minimum atomic E-state index is -3.78. The van der Waals surface area contributed by atoms with Crippen LogP contribution in [0.25, 0.3) is 0 Å². The minimum absolute atomic E-state index is 0. The first-order valence-corrected chi connectivity index (χ1v) is 9.75. The number of nitrogens with zero attached hydrogens (tertiary/aromatic N) is 2. The zero-order chi connectivity index (χ0) is 18.5. The molecular formula is C15H28ClN5O4S. The zero-order valence-electron chi connectivity index (χ0n) is 15.3. The molecule has 1 aliphatic rings. The molecule has 26 heavy (non-hydrogen) atoms. The second kappa shape index (κ2) is 9.65. The fourth-order valence-corrected chi connectivity index (χ4v) is 4.14. The van der Waals surface area contributed by atoms with Crippen LogP contribution in [0.15, 0.2) is 17.3 Å². The van der Waals surface area contributed by atoms with E-state index in [-0.39, 0.29) is 28.6 Å². The van der Waals surface area contributed by atoms with E-state index in [1.807, 2.05) is 0 Å². The van der Waals surface area contributed by atoms with Gasteiger partial charge in [0, 0.05) is 32.3 Å². The van der Waals surface area contributed by atoms with Crippen molar-refractivity contribution < 1.29 is 17.9 Å². The van der Waals surface area contributed by atoms with Crippen molar-refractivity contribution in [1.29, 1.82) is 0 Å². The number of methoxy groups -OCH3 is 1. The van der Waals surface area contributed by atoms with Gasteiger partial charge in [-0.25, -0.2) is 8.42 Å². The van der Waals surface area contributed by atoms with Gasteiger partial charge in [-0.1, -0.05) is 0 Å². The summed E-state index contributed by atoms with van der Waals surface area (Å²) < 4.78 is 33.6. The summed E-state index contributed by atoms with van der Waals surface area (Å²) in [6.07, 6.45) is 4.43. The second-order valence-electron chi connectivity index (χ2n) is 6.59. The van der Waals surface area contributed by atoms with E-state index in [0.29, 0.717) is 13.2 Å². The molecular weight excluding hydrogens is 382 g/mol. The molecule has 0 saturated carbocycles. The molecule has 1 aromatic heterocycles. The number of hydrogen-bond acceptors (Lipinski definition) is 6. The monoisotopic (exact) mass is 409 g/mol. The van der Waals surface area contributed by atoms with Gasteiger partial charge in [0.25, 0.3) is 0 Å². The first kappa shape index (κ1) is 22.8. The lowest BCUT2D eigenvalue weighted by Crippen LogP contribution is -2.51. The average molecular weight is 410 g/mol. The quantitative estimate of drug-likeness (QED) is 0.540. The van der Waals surface area contributed by atoms with Gasteiger partial charge in [0.05, 0.1) is 18.8 Å². The van der Waals surface area contributed by atoms with E-state index in [4.69, 9.17) is 4.74 Å².